The summed E-state index contributed by atoms with van der Waals surface area (Å²) in [5, 5.41) is 4.31. The average Bonchev–Trinajstić information content (AvgIpc) is 2.77. The Morgan fingerprint density at radius 1 is 1.47 bits per heavy atom. The summed E-state index contributed by atoms with van der Waals surface area (Å²) in [5.41, 5.74) is 4.22. The Balaban J connectivity index is 2.41. The third kappa shape index (κ3) is 2.27. The lowest BCUT2D eigenvalue weighted by atomic mass is 10.1. The first-order chi connectivity index (χ1) is 8.26. The van der Waals surface area contributed by atoms with Gasteiger partial charge in [-0.15, -0.1) is 0 Å². The first-order valence-electron chi connectivity index (χ1n) is 5.21. The van der Waals surface area contributed by atoms with Gasteiger partial charge in [0.15, 0.2) is 0 Å². The summed E-state index contributed by atoms with van der Waals surface area (Å²) in [6.45, 7) is 0. The quantitative estimate of drug-likeness (QED) is 0.589. The van der Waals surface area contributed by atoms with Gasteiger partial charge < -0.3 is 4.74 Å². The maximum atomic E-state index is 5.57. The van der Waals surface area contributed by atoms with Crippen molar-refractivity contribution in [3.8, 4) is 5.75 Å². The van der Waals surface area contributed by atoms with E-state index in [4.69, 9.17) is 10.6 Å². The molecule has 0 aromatic carbocycles. The summed E-state index contributed by atoms with van der Waals surface area (Å²) < 4.78 is 6.98. The molecule has 1 unspecified atom stereocenters. The van der Waals surface area contributed by atoms with E-state index in [0.29, 0.717) is 5.75 Å². The van der Waals surface area contributed by atoms with Crippen LogP contribution < -0.4 is 16.0 Å². The van der Waals surface area contributed by atoms with Crippen molar-refractivity contribution in [2.75, 3.05) is 7.11 Å². The number of nitrogens with zero attached hydrogens (tertiary/aromatic N) is 3. The molecule has 2 heterocycles. The maximum Gasteiger partial charge on any atom is 0.142 e. The van der Waals surface area contributed by atoms with E-state index in [1.807, 2.05) is 31.4 Å². The Hall–Kier alpha value is -1.92. The molecule has 2 rings (SSSR count). The lowest BCUT2D eigenvalue weighted by Gasteiger charge is -2.15. The minimum Gasteiger partial charge on any atom is -0.495 e. The van der Waals surface area contributed by atoms with Gasteiger partial charge in [0.05, 0.1) is 12.8 Å². The van der Waals surface area contributed by atoms with Crippen LogP contribution in [0.2, 0.25) is 0 Å². The molecule has 0 aliphatic rings. The number of aromatic nitrogens is 3. The fourth-order valence-corrected chi connectivity index (χ4v) is 1.68. The molecule has 90 valence electrons. The van der Waals surface area contributed by atoms with Gasteiger partial charge in [-0.1, -0.05) is 0 Å². The number of hydrazine groups is 1. The third-order valence-corrected chi connectivity index (χ3v) is 2.49. The normalized spacial score (nSPS) is 12.4. The molecule has 0 aliphatic carbocycles. The Kier molecular flexibility index (Phi) is 3.36. The fraction of sp³-hybridized carbons (Fsp3) is 0.273. The first-order valence-corrected chi connectivity index (χ1v) is 5.21. The number of hydrogen-bond acceptors (Lipinski definition) is 5. The zero-order valence-electron chi connectivity index (χ0n) is 9.79. The van der Waals surface area contributed by atoms with Crippen molar-refractivity contribution in [2.24, 2.45) is 12.9 Å². The summed E-state index contributed by atoms with van der Waals surface area (Å²) in [4.78, 5) is 4.29. The minimum absolute atomic E-state index is 0.285. The number of ether oxygens (including phenoxy) is 1. The van der Waals surface area contributed by atoms with Gasteiger partial charge in [0.1, 0.15) is 17.5 Å². The number of methoxy groups -OCH3 is 1. The van der Waals surface area contributed by atoms with Gasteiger partial charge in [0.2, 0.25) is 0 Å². The number of nitrogens with one attached hydrogen (secondary N) is 1. The number of pyridine rings is 1. The van der Waals surface area contributed by atoms with Crippen molar-refractivity contribution in [2.45, 2.75) is 6.04 Å². The summed E-state index contributed by atoms with van der Waals surface area (Å²) in [5.74, 6) is 6.26. The Morgan fingerprint density at radius 2 is 2.29 bits per heavy atom. The molecule has 0 saturated heterocycles. The van der Waals surface area contributed by atoms with E-state index >= 15 is 0 Å². The number of nitrogens with two attached hydrogens (primary N) is 1. The van der Waals surface area contributed by atoms with Crippen LogP contribution in [0.1, 0.15) is 17.4 Å². The second-order valence-electron chi connectivity index (χ2n) is 3.60. The molecule has 0 saturated carbocycles. The van der Waals surface area contributed by atoms with Gasteiger partial charge in [0.25, 0.3) is 0 Å². The molecule has 0 fully saturated rings. The standard InChI is InChI=1S/C11H15N5O/c1-16-7-5-8(15-16)10(14-12)11-9(17-2)4-3-6-13-11/h3-7,10,14H,12H2,1-2H3. The summed E-state index contributed by atoms with van der Waals surface area (Å²) in [7, 11) is 3.46. The van der Waals surface area contributed by atoms with E-state index in [9.17, 15) is 0 Å². The second-order valence-corrected chi connectivity index (χ2v) is 3.60. The molecule has 6 nitrogen and oxygen atoms in total. The van der Waals surface area contributed by atoms with E-state index in [-0.39, 0.29) is 6.04 Å². The van der Waals surface area contributed by atoms with Crippen molar-refractivity contribution < 1.29 is 4.74 Å². The molecule has 3 N–H and O–H groups in total. The minimum atomic E-state index is -0.285. The molecular formula is C11H15N5O. The van der Waals surface area contributed by atoms with Crippen LogP contribution in [0.4, 0.5) is 0 Å². The highest BCUT2D eigenvalue weighted by Crippen LogP contribution is 2.25. The predicted molar refractivity (Wildman–Crippen MR) is 63.2 cm³/mol. The lowest BCUT2D eigenvalue weighted by Crippen LogP contribution is -2.30. The van der Waals surface area contributed by atoms with Crippen LogP contribution in [0.3, 0.4) is 0 Å². The highest BCUT2D eigenvalue weighted by Gasteiger charge is 2.20. The van der Waals surface area contributed by atoms with Crippen LogP contribution in [-0.2, 0) is 7.05 Å². The largest absolute Gasteiger partial charge is 0.495 e. The van der Waals surface area contributed by atoms with E-state index < -0.39 is 0 Å². The van der Waals surface area contributed by atoms with Crippen LogP contribution in [0.15, 0.2) is 30.6 Å². The second kappa shape index (κ2) is 4.94. The molecule has 2 aromatic rings. The zero-order valence-corrected chi connectivity index (χ0v) is 9.79. The summed E-state index contributed by atoms with van der Waals surface area (Å²) in [6, 6.07) is 5.26. The Bertz CT molecular complexity index is 496. The zero-order chi connectivity index (χ0) is 12.3. The van der Waals surface area contributed by atoms with Gasteiger partial charge in [-0.2, -0.15) is 5.10 Å². The average molecular weight is 233 g/mol. The van der Waals surface area contributed by atoms with E-state index in [1.54, 1.807) is 18.0 Å². The van der Waals surface area contributed by atoms with Crippen molar-refractivity contribution in [3.05, 3.63) is 42.0 Å². The number of hydrogen-bond donors (Lipinski definition) is 2. The molecule has 17 heavy (non-hydrogen) atoms. The van der Waals surface area contributed by atoms with Gasteiger partial charge in [-0.05, 0) is 18.2 Å². The smallest absolute Gasteiger partial charge is 0.142 e. The SMILES string of the molecule is COc1cccnc1C(NN)c1ccn(C)n1. The van der Waals surface area contributed by atoms with Gasteiger partial charge in [0, 0.05) is 19.4 Å². The molecule has 0 aliphatic heterocycles. The van der Waals surface area contributed by atoms with E-state index in [0.717, 1.165) is 11.4 Å². The van der Waals surface area contributed by atoms with E-state index in [1.165, 1.54) is 0 Å². The predicted octanol–water partition coefficient (Wildman–Crippen LogP) is 0.376. The monoisotopic (exact) mass is 233 g/mol. The molecule has 0 spiro atoms. The molecule has 0 amide bonds. The van der Waals surface area contributed by atoms with Crippen LogP contribution in [-0.4, -0.2) is 21.9 Å². The third-order valence-electron chi connectivity index (χ3n) is 2.49. The van der Waals surface area contributed by atoms with Crippen LogP contribution in [0, 0.1) is 0 Å². The number of rotatable bonds is 4. The molecular weight excluding hydrogens is 218 g/mol. The molecule has 6 heteroatoms. The van der Waals surface area contributed by atoms with Crippen molar-refractivity contribution in [1.29, 1.82) is 0 Å². The van der Waals surface area contributed by atoms with Crippen LogP contribution in [0.25, 0.3) is 0 Å². The van der Waals surface area contributed by atoms with Crippen LogP contribution >= 0.6 is 0 Å². The first kappa shape index (κ1) is 11.6. The topological polar surface area (TPSA) is 78.0 Å². The summed E-state index contributed by atoms with van der Waals surface area (Å²) >= 11 is 0. The van der Waals surface area contributed by atoms with Crippen molar-refractivity contribution in [1.82, 2.24) is 20.2 Å². The highest BCUT2D eigenvalue weighted by atomic mass is 16.5. The number of aryl methyl sites for hydroxylation is 1. The molecule has 0 bridgehead atoms. The molecule has 1 atom stereocenters. The Morgan fingerprint density at radius 3 is 2.88 bits per heavy atom. The lowest BCUT2D eigenvalue weighted by molar-refractivity contribution is 0.399. The van der Waals surface area contributed by atoms with Crippen molar-refractivity contribution >= 4 is 0 Å². The van der Waals surface area contributed by atoms with Gasteiger partial charge in [-0.3, -0.25) is 15.5 Å². The maximum absolute atomic E-state index is 5.57. The fourth-order valence-electron chi connectivity index (χ4n) is 1.68. The summed E-state index contributed by atoms with van der Waals surface area (Å²) in [6.07, 6.45) is 3.56. The molecule has 0 radical (unpaired) electrons. The van der Waals surface area contributed by atoms with Crippen molar-refractivity contribution in [3.63, 3.8) is 0 Å². The molecule has 2 aromatic heterocycles. The van der Waals surface area contributed by atoms with Gasteiger partial charge in [-0.25, -0.2) is 5.43 Å². The van der Waals surface area contributed by atoms with Gasteiger partial charge >= 0.3 is 0 Å². The Labute approximate surface area is 99.4 Å². The highest BCUT2D eigenvalue weighted by molar-refractivity contribution is 5.33. The van der Waals surface area contributed by atoms with E-state index in [2.05, 4.69) is 15.5 Å². The van der Waals surface area contributed by atoms with Crippen LogP contribution in [0.5, 0.6) is 5.75 Å².